The van der Waals surface area contributed by atoms with E-state index in [0.717, 1.165) is 5.56 Å². The first-order chi connectivity index (χ1) is 8.36. The Kier molecular flexibility index (Phi) is 3.48. The Morgan fingerprint density at radius 2 is 2.17 bits per heavy atom. The number of sulfone groups is 1. The summed E-state index contributed by atoms with van der Waals surface area (Å²) in [7, 11) is -3.33. The summed E-state index contributed by atoms with van der Waals surface area (Å²) in [6.07, 6.45) is 0. The normalized spacial score (nSPS) is 17.4. The number of nitrogens with two attached hydrogens (primary N) is 1. The number of rotatable bonds is 1. The van der Waals surface area contributed by atoms with Crippen LogP contribution < -0.4 is 10.6 Å². The second-order valence-electron chi connectivity index (χ2n) is 4.16. The summed E-state index contributed by atoms with van der Waals surface area (Å²) < 4.78 is 24.7. The molecule has 5 nitrogen and oxygen atoms in total. The number of aryl methyl sites for hydroxylation is 1. The third kappa shape index (κ3) is 2.17. The molecule has 2 rings (SSSR count). The van der Waals surface area contributed by atoms with Gasteiger partial charge in [-0.25, -0.2) is 8.42 Å². The molecule has 1 aromatic carbocycles. The van der Waals surface area contributed by atoms with Gasteiger partial charge in [-0.3, -0.25) is 4.79 Å². The smallest absolute Gasteiger partial charge is 0.240 e. The standard InChI is InChI=1S/C11H13BrN2O3S/c1-7-4-8(12)11-9(5-7)18(16,17)3-2-14(11)10(15)6-13/h4-5H,2-3,6,13H2,1H3. The molecule has 0 unspecified atom stereocenters. The fourth-order valence-electron chi connectivity index (χ4n) is 1.99. The predicted molar refractivity (Wildman–Crippen MR) is 72.3 cm³/mol. The Labute approximate surface area is 114 Å². The van der Waals surface area contributed by atoms with Crippen LogP contribution in [0.25, 0.3) is 0 Å². The topological polar surface area (TPSA) is 80.5 Å². The zero-order valence-corrected chi connectivity index (χ0v) is 12.2. The van der Waals surface area contributed by atoms with Crippen molar-refractivity contribution < 1.29 is 13.2 Å². The van der Waals surface area contributed by atoms with Gasteiger partial charge in [0, 0.05) is 11.0 Å². The van der Waals surface area contributed by atoms with Crippen molar-refractivity contribution in [3.8, 4) is 0 Å². The molecule has 18 heavy (non-hydrogen) atoms. The number of carbonyl (C=O) groups excluding carboxylic acids is 1. The minimum absolute atomic E-state index is 0.0678. The first-order valence-electron chi connectivity index (χ1n) is 5.40. The Bertz CT molecular complexity index is 613. The molecule has 0 aliphatic carbocycles. The van der Waals surface area contributed by atoms with Crippen molar-refractivity contribution in [3.05, 3.63) is 22.2 Å². The minimum atomic E-state index is -3.33. The van der Waals surface area contributed by atoms with Gasteiger partial charge in [0.1, 0.15) is 0 Å². The highest BCUT2D eigenvalue weighted by molar-refractivity contribution is 9.10. The van der Waals surface area contributed by atoms with Crippen molar-refractivity contribution in [2.75, 3.05) is 23.7 Å². The number of hydrogen-bond donors (Lipinski definition) is 1. The molecule has 0 aromatic heterocycles. The highest BCUT2D eigenvalue weighted by Gasteiger charge is 2.32. The van der Waals surface area contributed by atoms with Crippen molar-refractivity contribution in [1.29, 1.82) is 0 Å². The van der Waals surface area contributed by atoms with Gasteiger partial charge < -0.3 is 10.6 Å². The zero-order chi connectivity index (χ0) is 13.5. The molecule has 0 fully saturated rings. The fourth-order valence-corrected chi connectivity index (χ4v) is 4.44. The molecule has 0 atom stereocenters. The first kappa shape index (κ1) is 13.5. The van der Waals surface area contributed by atoms with Crippen LogP contribution in [-0.4, -0.2) is 33.2 Å². The molecule has 0 spiro atoms. The van der Waals surface area contributed by atoms with E-state index in [9.17, 15) is 13.2 Å². The molecule has 1 aliphatic rings. The van der Waals surface area contributed by atoms with Gasteiger partial charge in [-0.05, 0) is 40.5 Å². The maximum Gasteiger partial charge on any atom is 0.240 e. The van der Waals surface area contributed by atoms with E-state index in [0.29, 0.717) is 10.2 Å². The van der Waals surface area contributed by atoms with E-state index >= 15 is 0 Å². The average Bonchev–Trinajstić information content (AvgIpc) is 2.29. The molecule has 2 N–H and O–H groups in total. The van der Waals surface area contributed by atoms with E-state index in [1.807, 2.05) is 6.92 Å². The molecule has 7 heteroatoms. The van der Waals surface area contributed by atoms with E-state index in [4.69, 9.17) is 5.73 Å². The van der Waals surface area contributed by atoms with Gasteiger partial charge in [0.25, 0.3) is 0 Å². The molecular weight excluding hydrogens is 320 g/mol. The quantitative estimate of drug-likeness (QED) is 0.826. The highest BCUT2D eigenvalue weighted by atomic mass is 79.9. The Hall–Kier alpha value is -0.920. The molecular formula is C11H13BrN2O3S. The summed E-state index contributed by atoms with van der Waals surface area (Å²) in [5.41, 5.74) is 6.58. The number of anilines is 1. The van der Waals surface area contributed by atoms with E-state index in [1.54, 1.807) is 12.1 Å². The van der Waals surface area contributed by atoms with Crippen molar-refractivity contribution in [1.82, 2.24) is 0 Å². The van der Waals surface area contributed by atoms with Crippen LogP contribution in [0.15, 0.2) is 21.5 Å². The van der Waals surface area contributed by atoms with E-state index in [1.165, 1.54) is 4.90 Å². The van der Waals surface area contributed by atoms with Gasteiger partial charge in [0.2, 0.25) is 5.91 Å². The lowest BCUT2D eigenvalue weighted by molar-refractivity contribution is -0.117. The number of fused-ring (bicyclic) bond motifs is 1. The number of carbonyl (C=O) groups is 1. The Balaban J connectivity index is 2.70. The first-order valence-corrected chi connectivity index (χ1v) is 7.84. The lowest BCUT2D eigenvalue weighted by Crippen LogP contribution is -2.43. The van der Waals surface area contributed by atoms with Crippen molar-refractivity contribution in [2.45, 2.75) is 11.8 Å². The molecule has 0 saturated heterocycles. The average molecular weight is 333 g/mol. The van der Waals surface area contributed by atoms with Crippen LogP contribution in [0.5, 0.6) is 0 Å². The van der Waals surface area contributed by atoms with Gasteiger partial charge in [0.05, 0.1) is 22.9 Å². The van der Waals surface area contributed by atoms with E-state index in [2.05, 4.69) is 15.9 Å². The molecule has 1 aliphatic heterocycles. The fraction of sp³-hybridized carbons (Fsp3) is 0.364. The molecule has 0 saturated carbocycles. The Morgan fingerprint density at radius 1 is 1.50 bits per heavy atom. The van der Waals surface area contributed by atoms with Gasteiger partial charge in [-0.1, -0.05) is 0 Å². The predicted octanol–water partition coefficient (Wildman–Crippen LogP) is 0.837. The maximum absolute atomic E-state index is 12.0. The van der Waals surface area contributed by atoms with E-state index in [-0.39, 0.29) is 29.6 Å². The molecule has 1 heterocycles. The van der Waals surface area contributed by atoms with Crippen molar-refractivity contribution in [3.63, 3.8) is 0 Å². The van der Waals surface area contributed by atoms with Crippen molar-refractivity contribution >= 4 is 37.4 Å². The van der Waals surface area contributed by atoms with Gasteiger partial charge in [-0.2, -0.15) is 0 Å². The zero-order valence-electron chi connectivity index (χ0n) is 9.81. The van der Waals surface area contributed by atoms with Gasteiger partial charge in [0.15, 0.2) is 9.84 Å². The van der Waals surface area contributed by atoms with Crippen LogP contribution in [0.1, 0.15) is 5.56 Å². The SMILES string of the molecule is Cc1cc(Br)c2c(c1)S(=O)(=O)CCN2C(=O)CN. The lowest BCUT2D eigenvalue weighted by Gasteiger charge is -2.30. The van der Waals surface area contributed by atoms with Crippen LogP contribution >= 0.6 is 15.9 Å². The largest absolute Gasteiger partial charge is 0.322 e. The summed E-state index contributed by atoms with van der Waals surface area (Å²) in [6.45, 7) is 1.82. The minimum Gasteiger partial charge on any atom is -0.322 e. The van der Waals surface area contributed by atoms with Gasteiger partial charge in [-0.15, -0.1) is 0 Å². The van der Waals surface area contributed by atoms with Crippen molar-refractivity contribution in [2.24, 2.45) is 5.73 Å². The third-order valence-electron chi connectivity index (χ3n) is 2.84. The number of amides is 1. The summed E-state index contributed by atoms with van der Waals surface area (Å²) >= 11 is 3.32. The number of nitrogens with zero attached hydrogens (tertiary/aromatic N) is 1. The Morgan fingerprint density at radius 3 is 2.78 bits per heavy atom. The molecule has 0 bridgehead atoms. The second kappa shape index (κ2) is 4.64. The number of hydrogen-bond acceptors (Lipinski definition) is 4. The summed E-state index contributed by atoms with van der Waals surface area (Å²) in [6, 6.07) is 3.38. The number of halogens is 1. The molecule has 1 amide bonds. The van der Waals surface area contributed by atoms with Gasteiger partial charge >= 0.3 is 0 Å². The lowest BCUT2D eigenvalue weighted by atomic mass is 10.2. The summed E-state index contributed by atoms with van der Waals surface area (Å²) in [5.74, 6) is -0.350. The van der Waals surface area contributed by atoms with Crippen LogP contribution in [0.4, 0.5) is 5.69 Å². The second-order valence-corrected chi connectivity index (χ2v) is 7.09. The highest BCUT2D eigenvalue weighted by Crippen LogP contribution is 2.38. The molecule has 0 radical (unpaired) electrons. The maximum atomic E-state index is 12.0. The van der Waals surface area contributed by atoms with Crippen LogP contribution in [0.2, 0.25) is 0 Å². The molecule has 98 valence electrons. The number of benzene rings is 1. The molecule has 1 aromatic rings. The van der Waals surface area contributed by atoms with Crippen LogP contribution in [0, 0.1) is 6.92 Å². The monoisotopic (exact) mass is 332 g/mol. The summed E-state index contributed by atoms with van der Waals surface area (Å²) in [4.78, 5) is 13.4. The van der Waals surface area contributed by atoms with E-state index < -0.39 is 9.84 Å². The third-order valence-corrected chi connectivity index (χ3v) is 5.14. The summed E-state index contributed by atoms with van der Waals surface area (Å²) in [5, 5.41) is 0. The van der Waals surface area contributed by atoms with Crippen LogP contribution in [0.3, 0.4) is 0 Å². The van der Waals surface area contributed by atoms with Crippen LogP contribution in [-0.2, 0) is 14.6 Å².